The van der Waals surface area contributed by atoms with Gasteiger partial charge in [0, 0.05) is 7.05 Å². The Labute approximate surface area is 164 Å². The predicted octanol–water partition coefficient (Wildman–Crippen LogP) is 1.65. The van der Waals surface area contributed by atoms with Gasteiger partial charge in [0.1, 0.15) is 0 Å². The molecule has 0 aliphatic carbocycles. The molecule has 1 amide bonds. The third kappa shape index (κ3) is 2.61. The normalized spacial score (nSPS) is 12.4. The second kappa shape index (κ2) is 6.44. The summed E-state index contributed by atoms with van der Waals surface area (Å²) in [6.45, 7) is 0. The summed E-state index contributed by atoms with van der Waals surface area (Å²) in [5.41, 5.74) is 7.83. The quantitative estimate of drug-likeness (QED) is 0.479. The highest BCUT2D eigenvalue weighted by Gasteiger charge is 2.26. The third-order valence-electron chi connectivity index (χ3n) is 4.65. The van der Waals surface area contributed by atoms with Crippen LogP contribution in [0.25, 0.3) is 28.3 Å². The van der Waals surface area contributed by atoms with Crippen molar-refractivity contribution in [1.82, 2.24) is 34.7 Å². The van der Waals surface area contributed by atoms with Crippen molar-refractivity contribution in [2.75, 3.05) is 12.8 Å². The third-order valence-corrected chi connectivity index (χ3v) is 4.65. The molecule has 0 fully saturated rings. The van der Waals surface area contributed by atoms with Crippen LogP contribution in [0.15, 0.2) is 59.3 Å². The molecule has 29 heavy (non-hydrogen) atoms. The number of carbonyl (C=O) groups is 1. The van der Waals surface area contributed by atoms with E-state index in [9.17, 15) is 4.79 Å². The lowest BCUT2D eigenvalue weighted by atomic mass is 10.1. The lowest BCUT2D eigenvalue weighted by Crippen LogP contribution is -2.31. The van der Waals surface area contributed by atoms with Crippen molar-refractivity contribution in [3.63, 3.8) is 0 Å². The van der Waals surface area contributed by atoms with E-state index in [2.05, 4.69) is 25.5 Å². The average molecular weight is 388 g/mol. The van der Waals surface area contributed by atoms with Gasteiger partial charge in [-0.15, -0.1) is 5.10 Å². The predicted molar refractivity (Wildman–Crippen MR) is 105 cm³/mol. The number of rotatable bonds is 4. The summed E-state index contributed by atoms with van der Waals surface area (Å²) in [5, 5.41) is 12.1. The number of hydrogen-bond acceptors (Lipinski definition) is 7. The van der Waals surface area contributed by atoms with Crippen LogP contribution in [-0.2, 0) is 4.79 Å². The topological polar surface area (TPSA) is 129 Å². The van der Waals surface area contributed by atoms with Gasteiger partial charge in [-0.05, 0) is 17.7 Å². The van der Waals surface area contributed by atoms with Gasteiger partial charge in [-0.1, -0.05) is 30.3 Å². The number of likely N-dealkylation sites (N-methyl/N-ethyl adjacent to an activating group) is 1. The fourth-order valence-electron chi connectivity index (χ4n) is 3.30. The van der Waals surface area contributed by atoms with Crippen LogP contribution in [-0.4, -0.2) is 42.3 Å². The van der Waals surface area contributed by atoms with Crippen molar-refractivity contribution in [2.45, 2.75) is 6.04 Å². The first-order valence-corrected chi connectivity index (χ1v) is 8.87. The molecular weight excluding hydrogens is 372 g/mol. The van der Waals surface area contributed by atoms with Crippen LogP contribution in [0.2, 0.25) is 0 Å². The van der Waals surface area contributed by atoms with Crippen LogP contribution in [0, 0.1) is 0 Å². The van der Waals surface area contributed by atoms with E-state index >= 15 is 0 Å². The molecule has 0 aliphatic heterocycles. The molecule has 3 N–H and O–H groups in total. The van der Waals surface area contributed by atoms with Gasteiger partial charge < -0.3 is 15.5 Å². The zero-order chi connectivity index (χ0) is 20.0. The number of nitrogens with two attached hydrogens (primary N) is 1. The highest BCUT2D eigenvalue weighted by atomic mass is 16.3. The Kier molecular flexibility index (Phi) is 3.76. The highest BCUT2D eigenvalue weighted by molar-refractivity contribution is 5.92. The second-order valence-corrected chi connectivity index (χ2v) is 6.37. The fraction of sp³-hybridized carbons (Fsp3) is 0.105. The monoisotopic (exact) mass is 388 g/mol. The minimum Gasteiger partial charge on any atom is -0.461 e. The van der Waals surface area contributed by atoms with E-state index in [-0.39, 0.29) is 11.9 Å². The van der Waals surface area contributed by atoms with E-state index in [4.69, 9.17) is 10.2 Å². The van der Waals surface area contributed by atoms with Gasteiger partial charge >= 0.3 is 0 Å². The smallest absolute Gasteiger partial charge is 0.249 e. The molecule has 1 aromatic carbocycles. The molecule has 1 atom stereocenters. The van der Waals surface area contributed by atoms with Crippen LogP contribution in [0.1, 0.15) is 11.6 Å². The average Bonchev–Trinajstić information content (AvgIpc) is 3.48. The number of furan rings is 1. The molecule has 5 aromatic rings. The van der Waals surface area contributed by atoms with Gasteiger partial charge in [-0.3, -0.25) is 4.79 Å². The molecule has 10 heteroatoms. The summed E-state index contributed by atoms with van der Waals surface area (Å²) < 4.78 is 8.35. The van der Waals surface area contributed by atoms with Crippen molar-refractivity contribution < 1.29 is 9.21 Å². The zero-order valence-electron chi connectivity index (χ0n) is 15.4. The van der Waals surface area contributed by atoms with Crippen LogP contribution in [0.3, 0.4) is 0 Å². The number of hydrogen-bond donors (Lipinski definition) is 2. The number of carbonyl (C=O) groups excluding carboxylic acids is 1. The number of nitrogens with one attached hydrogen (secondary N) is 1. The maximum atomic E-state index is 12.7. The van der Waals surface area contributed by atoms with Crippen LogP contribution >= 0.6 is 0 Å². The Hall–Kier alpha value is -4.21. The minimum atomic E-state index is -0.708. The Bertz CT molecular complexity index is 1320. The number of nitrogens with zero attached hydrogens (tertiary/aromatic N) is 6. The lowest BCUT2D eigenvalue weighted by Gasteiger charge is -2.17. The van der Waals surface area contributed by atoms with Crippen molar-refractivity contribution in [3.8, 4) is 11.6 Å². The molecule has 10 nitrogen and oxygen atoms in total. The number of amides is 1. The SMILES string of the molecule is CNC(=O)[C@@H](c1ccccc1)n1ncc2c1nc(N)n1nc(-c3ccco3)nc21. The Balaban J connectivity index is 1.74. The van der Waals surface area contributed by atoms with Crippen molar-refractivity contribution >= 4 is 28.5 Å². The first kappa shape index (κ1) is 16.9. The Morgan fingerprint density at radius 3 is 2.69 bits per heavy atom. The van der Waals surface area contributed by atoms with E-state index in [0.29, 0.717) is 28.3 Å². The molecule has 144 valence electrons. The summed E-state index contributed by atoms with van der Waals surface area (Å²) in [4.78, 5) is 21.7. The first-order valence-electron chi connectivity index (χ1n) is 8.87. The number of anilines is 1. The van der Waals surface area contributed by atoms with E-state index < -0.39 is 6.04 Å². The largest absolute Gasteiger partial charge is 0.461 e. The minimum absolute atomic E-state index is 0.128. The maximum Gasteiger partial charge on any atom is 0.249 e. The van der Waals surface area contributed by atoms with Gasteiger partial charge in [0.25, 0.3) is 0 Å². The number of fused-ring (bicyclic) bond motifs is 3. The summed E-state index contributed by atoms with van der Waals surface area (Å²) in [6.07, 6.45) is 3.15. The van der Waals surface area contributed by atoms with E-state index in [0.717, 1.165) is 5.56 Å². The molecule has 5 rings (SSSR count). The molecule has 0 radical (unpaired) electrons. The molecule has 4 heterocycles. The van der Waals surface area contributed by atoms with E-state index in [1.807, 2.05) is 30.3 Å². The van der Waals surface area contributed by atoms with Crippen molar-refractivity contribution in [3.05, 3.63) is 60.5 Å². The highest BCUT2D eigenvalue weighted by Crippen LogP contribution is 2.27. The van der Waals surface area contributed by atoms with Gasteiger partial charge in [0.05, 0.1) is 17.8 Å². The molecule has 4 aromatic heterocycles. The molecule has 0 aliphatic rings. The van der Waals surface area contributed by atoms with E-state index in [1.165, 1.54) is 4.52 Å². The van der Waals surface area contributed by atoms with Crippen molar-refractivity contribution in [1.29, 1.82) is 0 Å². The summed E-state index contributed by atoms with van der Waals surface area (Å²) >= 11 is 0. The van der Waals surface area contributed by atoms with Gasteiger partial charge in [-0.25, -0.2) is 9.67 Å². The maximum absolute atomic E-state index is 12.7. The molecular formula is C19H16N8O2. The first-order chi connectivity index (χ1) is 14.2. The van der Waals surface area contributed by atoms with Crippen molar-refractivity contribution in [2.24, 2.45) is 0 Å². The molecule has 0 spiro atoms. The van der Waals surface area contributed by atoms with E-state index in [1.54, 1.807) is 36.3 Å². The number of aromatic nitrogens is 6. The fourth-order valence-corrected chi connectivity index (χ4v) is 3.30. The summed E-state index contributed by atoms with van der Waals surface area (Å²) in [6, 6.07) is 12.2. The van der Waals surface area contributed by atoms with Crippen LogP contribution < -0.4 is 11.1 Å². The lowest BCUT2D eigenvalue weighted by molar-refractivity contribution is -0.122. The van der Waals surface area contributed by atoms with Crippen LogP contribution in [0.5, 0.6) is 0 Å². The Morgan fingerprint density at radius 2 is 1.97 bits per heavy atom. The van der Waals surface area contributed by atoms with Gasteiger partial charge in [0.15, 0.2) is 23.1 Å². The summed E-state index contributed by atoms with van der Waals surface area (Å²) in [7, 11) is 1.58. The molecule has 0 saturated carbocycles. The zero-order valence-corrected chi connectivity index (χ0v) is 15.4. The standard InChI is InChI=1S/C19H16N8O2/c1-21-18(28)14(11-6-3-2-4-7-11)26-17-12(10-22-26)16-23-15(13-8-5-9-29-13)25-27(16)19(20)24-17/h2-10,14H,1H3,(H2,20,24)(H,21,28)/t14-/m1/s1. The van der Waals surface area contributed by atoms with Gasteiger partial charge in [-0.2, -0.15) is 14.6 Å². The number of nitrogen functional groups attached to an aromatic ring is 1. The molecule has 0 unspecified atom stereocenters. The summed E-state index contributed by atoms with van der Waals surface area (Å²) in [5.74, 6) is 0.804. The second-order valence-electron chi connectivity index (χ2n) is 6.37. The molecule has 0 saturated heterocycles. The van der Waals surface area contributed by atoms with Gasteiger partial charge in [0.2, 0.25) is 17.7 Å². The van der Waals surface area contributed by atoms with Crippen LogP contribution in [0.4, 0.5) is 5.95 Å². The Morgan fingerprint density at radius 1 is 1.14 bits per heavy atom. The molecule has 0 bridgehead atoms. The number of benzene rings is 1.